The predicted molar refractivity (Wildman–Crippen MR) is 89.0 cm³/mol. The summed E-state index contributed by atoms with van der Waals surface area (Å²) < 4.78 is 10.7. The number of hydrogen-bond donors (Lipinski definition) is 1. The van der Waals surface area contributed by atoms with E-state index in [1.54, 1.807) is 13.3 Å². The zero-order valence-corrected chi connectivity index (χ0v) is 12.9. The highest BCUT2D eigenvalue weighted by atomic mass is 16.5. The number of nitrogens with one attached hydrogen (secondary N) is 1. The Morgan fingerprint density at radius 1 is 1.17 bits per heavy atom. The number of nitrogens with zero attached hydrogens (tertiary/aromatic N) is 1. The van der Waals surface area contributed by atoms with E-state index in [4.69, 9.17) is 9.15 Å². The van der Waals surface area contributed by atoms with E-state index in [9.17, 15) is 4.79 Å². The van der Waals surface area contributed by atoms with Crippen molar-refractivity contribution in [2.24, 2.45) is 5.10 Å². The van der Waals surface area contributed by atoms with E-state index >= 15 is 0 Å². The minimum absolute atomic E-state index is 0.276. The van der Waals surface area contributed by atoms with Crippen LogP contribution in [0.15, 0.2) is 58.0 Å². The average molecular weight is 308 g/mol. The van der Waals surface area contributed by atoms with Crippen molar-refractivity contribution in [3.05, 3.63) is 65.4 Å². The molecule has 0 saturated heterocycles. The minimum atomic E-state index is -0.372. The van der Waals surface area contributed by atoms with Gasteiger partial charge in [0, 0.05) is 10.9 Å². The minimum Gasteiger partial charge on any atom is -0.497 e. The summed E-state index contributed by atoms with van der Waals surface area (Å²) in [4.78, 5) is 12.2. The molecule has 1 heterocycles. The summed E-state index contributed by atoms with van der Waals surface area (Å²) in [5.41, 5.74) is 4.83. The fraction of sp³-hybridized carbons (Fsp3) is 0.111. The summed E-state index contributed by atoms with van der Waals surface area (Å²) in [6.07, 6.45) is 1.56. The molecule has 5 nitrogen and oxygen atoms in total. The molecule has 2 aromatic carbocycles. The van der Waals surface area contributed by atoms with E-state index in [1.165, 1.54) is 0 Å². The molecule has 0 unspecified atom stereocenters. The van der Waals surface area contributed by atoms with E-state index in [0.717, 1.165) is 22.3 Å². The Morgan fingerprint density at radius 3 is 2.61 bits per heavy atom. The molecule has 0 fully saturated rings. The highest BCUT2D eigenvalue weighted by Crippen LogP contribution is 2.24. The highest BCUT2D eigenvalue weighted by Gasteiger charge is 2.16. The molecule has 0 bridgehead atoms. The first kappa shape index (κ1) is 14.8. The number of carbonyl (C=O) groups is 1. The summed E-state index contributed by atoms with van der Waals surface area (Å²) in [7, 11) is 1.61. The van der Waals surface area contributed by atoms with Crippen LogP contribution in [0.3, 0.4) is 0 Å². The van der Waals surface area contributed by atoms with Crippen molar-refractivity contribution < 1.29 is 13.9 Å². The van der Waals surface area contributed by atoms with Gasteiger partial charge < -0.3 is 9.15 Å². The van der Waals surface area contributed by atoms with Gasteiger partial charge in [-0.2, -0.15) is 5.10 Å². The van der Waals surface area contributed by atoms with Gasteiger partial charge in [0.25, 0.3) is 0 Å². The number of rotatable bonds is 4. The number of hydrazone groups is 1. The van der Waals surface area contributed by atoms with Crippen molar-refractivity contribution in [1.29, 1.82) is 0 Å². The van der Waals surface area contributed by atoms with Crippen LogP contribution in [-0.4, -0.2) is 19.2 Å². The van der Waals surface area contributed by atoms with Crippen molar-refractivity contribution in [1.82, 2.24) is 5.43 Å². The first-order valence-corrected chi connectivity index (χ1v) is 7.14. The molecule has 0 atom stereocenters. The Hall–Kier alpha value is -3.08. The van der Waals surface area contributed by atoms with Gasteiger partial charge in [0.15, 0.2) is 5.76 Å². The number of furan rings is 1. The number of hydrogen-bond acceptors (Lipinski definition) is 4. The molecular weight excluding hydrogens is 292 g/mol. The molecule has 0 aliphatic heterocycles. The third-order valence-electron chi connectivity index (χ3n) is 3.55. The van der Waals surface area contributed by atoms with Gasteiger partial charge >= 0.3 is 5.91 Å². The molecule has 1 aromatic heterocycles. The van der Waals surface area contributed by atoms with Crippen LogP contribution in [0.4, 0.5) is 0 Å². The second kappa shape index (κ2) is 6.36. The van der Waals surface area contributed by atoms with Gasteiger partial charge in [-0.05, 0) is 42.8 Å². The van der Waals surface area contributed by atoms with E-state index < -0.39 is 0 Å². The molecule has 0 saturated carbocycles. The number of ether oxygens (including phenoxy) is 1. The fourth-order valence-corrected chi connectivity index (χ4v) is 2.30. The summed E-state index contributed by atoms with van der Waals surface area (Å²) in [5.74, 6) is 0.672. The van der Waals surface area contributed by atoms with Crippen LogP contribution < -0.4 is 10.2 Å². The zero-order valence-electron chi connectivity index (χ0n) is 12.9. The number of fused-ring (bicyclic) bond motifs is 1. The fourth-order valence-electron chi connectivity index (χ4n) is 2.30. The standard InChI is InChI=1S/C18H16N2O3/c1-12-15-5-3-4-6-16(15)23-17(12)18(21)20-19-11-13-7-9-14(22-2)10-8-13/h3-11H,1-2H3,(H,20,21). The van der Waals surface area contributed by atoms with Crippen molar-refractivity contribution >= 4 is 23.1 Å². The van der Waals surface area contributed by atoms with Gasteiger partial charge in [-0.25, -0.2) is 5.43 Å². The van der Waals surface area contributed by atoms with Crippen molar-refractivity contribution in [2.45, 2.75) is 6.92 Å². The van der Waals surface area contributed by atoms with E-state index in [-0.39, 0.29) is 11.7 Å². The highest BCUT2D eigenvalue weighted by molar-refractivity contribution is 5.99. The van der Waals surface area contributed by atoms with Crippen LogP contribution in [0.25, 0.3) is 11.0 Å². The summed E-state index contributed by atoms with van der Waals surface area (Å²) in [5, 5.41) is 4.89. The normalized spacial score (nSPS) is 11.0. The van der Waals surface area contributed by atoms with Gasteiger partial charge in [0.2, 0.25) is 0 Å². The zero-order chi connectivity index (χ0) is 16.2. The number of benzene rings is 2. The first-order valence-electron chi connectivity index (χ1n) is 7.14. The maximum atomic E-state index is 12.2. The lowest BCUT2D eigenvalue weighted by Crippen LogP contribution is -2.17. The Kier molecular flexibility index (Phi) is 4.10. The van der Waals surface area contributed by atoms with Crippen LogP contribution in [-0.2, 0) is 0 Å². The molecule has 1 amide bonds. The number of amides is 1. The van der Waals surface area contributed by atoms with Crippen LogP contribution >= 0.6 is 0 Å². The molecular formula is C18H16N2O3. The molecule has 1 N–H and O–H groups in total. The molecule has 3 rings (SSSR count). The molecule has 0 radical (unpaired) electrons. The quantitative estimate of drug-likeness (QED) is 0.592. The second-order valence-corrected chi connectivity index (χ2v) is 5.02. The smallest absolute Gasteiger partial charge is 0.307 e. The maximum absolute atomic E-state index is 12.2. The Bertz CT molecular complexity index is 864. The van der Waals surface area contributed by atoms with Crippen molar-refractivity contribution in [3.8, 4) is 5.75 Å². The maximum Gasteiger partial charge on any atom is 0.307 e. The monoisotopic (exact) mass is 308 g/mol. The summed E-state index contributed by atoms with van der Waals surface area (Å²) in [6.45, 7) is 1.86. The molecule has 0 aliphatic carbocycles. The predicted octanol–water partition coefficient (Wildman–Crippen LogP) is 3.51. The van der Waals surface area contributed by atoms with Crippen LogP contribution in [0.2, 0.25) is 0 Å². The van der Waals surface area contributed by atoms with E-state index in [0.29, 0.717) is 5.58 Å². The molecule has 3 aromatic rings. The van der Waals surface area contributed by atoms with Crippen molar-refractivity contribution in [2.75, 3.05) is 7.11 Å². The molecule has 0 aliphatic rings. The average Bonchev–Trinajstić information content (AvgIpc) is 2.93. The van der Waals surface area contributed by atoms with Gasteiger partial charge in [0.05, 0.1) is 13.3 Å². The molecule has 116 valence electrons. The lowest BCUT2D eigenvalue weighted by atomic mass is 10.1. The van der Waals surface area contributed by atoms with Gasteiger partial charge in [-0.15, -0.1) is 0 Å². The van der Waals surface area contributed by atoms with E-state index in [2.05, 4.69) is 10.5 Å². The van der Waals surface area contributed by atoms with Crippen LogP contribution in [0, 0.1) is 6.92 Å². The van der Waals surface area contributed by atoms with Crippen LogP contribution in [0.1, 0.15) is 21.7 Å². The third-order valence-corrected chi connectivity index (χ3v) is 3.55. The summed E-state index contributed by atoms with van der Waals surface area (Å²) in [6, 6.07) is 14.9. The Labute approximate surface area is 133 Å². The second-order valence-electron chi connectivity index (χ2n) is 5.02. The van der Waals surface area contributed by atoms with Gasteiger partial charge in [-0.1, -0.05) is 18.2 Å². The molecule has 23 heavy (non-hydrogen) atoms. The Balaban J connectivity index is 1.72. The molecule has 5 heteroatoms. The lowest BCUT2D eigenvalue weighted by Gasteiger charge is -1.99. The number of carbonyl (C=O) groups excluding carboxylic acids is 1. The third kappa shape index (κ3) is 3.08. The first-order chi connectivity index (χ1) is 11.2. The van der Waals surface area contributed by atoms with Gasteiger partial charge in [-0.3, -0.25) is 4.79 Å². The Morgan fingerprint density at radius 2 is 1.91 bits per heavy atom. The SMILES string of the molecule is COc1ccc(C=NNC(=O)c2oc3ccccc3c2C)cc1. The largest absolute Gasteiger partial charge is 0.497 e. The lowest BCUT2D eigenvalue weighted by molar-refractivity contribution is 0.0929. The number of para-hydroxylation sites is 1. The van der Waals surface area contributed by atoms with Gasteiger partial charge in [0.1, 0.15) is 11.3 Å². The number of aryl methyl sites for hydroxylation is 1. The van der Waals surface area contributed by atoms with Crippen molar-refractivity contribution in [3.63, 3.8) is 0 Å². The topological polar surface area (TPSA) is 63.8 Å². The van der Waals surface area contributed by atoms with E-state index in [1.807, 2.05) is 55.5 Å². The number of methoxy groups -OCH3 is 1. The summed E-state index contributed by atoms with van der Waals surface area (Å²) >= 11 is 0. The van der Waals surface area contributed by atoms with Crippen LogP contribution in [0.5, 0.6) is 5.75 Å². The molecule has 0 spiro atoms.